The normalized spacial score (nSPS) is 9.69. The van der Waals surface area contributed by atoms with Crippen LogP contribution in [0, 0.1) is 0 Å². The number of hydrogen-bond donors (Lipinski definition) is 1. The van der Waals surface area contributed by atoms with E-state index in [9.17, 15) is 9.59 Å². The van der Waals surface area contributed by atoms with Gasteiger partial charge in [-0.15, -0.1) is 0 Å². The van der Waals surface area contributed by atoms with Gasteiger partial charge in [0.25, 0.3) is 11.5 Å². The van der Waals surface area contributed by atoms with Gasteiger partial charge >= 0.3 is 0 Å². The Morgan fingerprint density at radius 3 is 2.92 bits per heavy atom. The van der Waals surface area contributed by atoms with E-state index in [1.54, 1.807) is 0 Å². The van der Waals surface area contributed by atoms with Crippen molar-refractivity contribution in [1.82, 2.24) is 15.0 Å². The Labute approximate surface area is 74.1 Å². The number of carbonyl (C=O) groups excluding carboxylic acids is 1. The molecule has 0 aliphatic heterocycles. The van der Waals surface area contributed by atoms with E-state index in [1.165, 1.54) is 26.7 Å². The van der Waals surface area contributed by atoms with E-state index in [-0.39, 0.29) is 5.56 Å². The fourth-order valence-electron chi connectivity index (χ4n) is 0.749. The number of carbonyl (C=O) groups is 1. The Morgan fingerprint density at radius 1 is 1.69 bits per heavy atom. The van der Waals surface area contributed by atoms with Crippen molar-refractivity contribution in [2.24, 2.45) is 0 Å². The molecule has 0 unspecified atom stereocenters. The van der Waals surface area contributed by atoms with Crippen molar-refractivity contribution in [2.45, 2.75) is 0 Å². The lowest BCUT2D eigenvalue weighted by Gasteiger charge is -2.11. The number of nitrogens with one attached hydrogen (secondary N) is 1. The number of amides is 1. The van der Waals surface area contributed by atoms with Crippen LogP contribution in [0.25, 0.3) is 0 Å². The van der Waals surface area contributed by atoms with Crippen LogP contribution in [0.15, 0.2) is 17.3 Å². The monoisotopic (exact) mass is 183 g/mol. The number of hydrogen-bond acceptors (Lipinski definition) is 4. The van der Waals surface area contributed by atoms with Crippen molar-refractivity contribution in [3.05, 3.63) is 28.4 Å². The van der Waals surface area contributed by atoms with Crippen LogP contribution in [0.5, 0.6) is 0 Å². The molecule has 0 atom stereocenters. The summed E-state index contributed by atoms with van der Waals surface area (Å²) < 4.78 is 0. The molecule has 1 aromatic rings. The van der Waals surface area contributed by atoms with Gasteiger partial charge in [0.05, 0.1) is 13.4 Å². The Kier molecular flexibility index (Phi) is 2.76. The Balaban J connectivity index is 3.02. The standard InChI is InChI=1S/C7H9N3O3/c1-10(13-2)7(12)5-3-8-4-9-6(5)11/h3-4H,1-2H3,(H,8,9,11). The van der Waals surface area contributed by atoms with Gasteiger partial charge in [-0.25, -0.2) is 10.0 Å². The molecule has 0 radical (unpaired) electrons. The number of H-pyrrole nitrogens is 1. The summed E-state index contributed by atoms with van der Waals surface area (Å²) in [6, 6.07) is 0. The molecule has 1 N–H and O–H groups in total. The highest BCUT2D eigenvalue weighted by Crippen LogP contribution is 1.93. The van der Waals surface area contributed by atoms with Crippen molar-refractivity contribution < 1.29 is 9.63 Å². The fourth-order valence-corrected chi connectivity index (χ4v) is 0.749. The first-order valence-corrected chi connectivity index (χ1v) is 3.51. The maximum atomic E-state index is 11.3. The average Bonchev–Trinajstić information content (AvgIpc) is 2.16. The van der Waals surface area contributed by atoms with Crippen molar-refractivity contribution in [2.75, 3.05) is 14.2 Å². The van der Waals surface area contributed by atoms with Crippen LogP contribution in [0.4, 0.5) is 0 Å². The van der Waals surface area contributed by atoms with Gasteiger partial charge in [-0.2, -0.15) is 0 Å². The molecule has 0 aliphatic carbocycles. The van der Waals surface area contributed by atoms with Crippen LogP contribution in [-0.4, -0.2) is 35.1 Å². The average molecular weight is 183 g/mol. The lowest BCUT2D eigenvalue weighted by Crippen LogP contribution is -2.30. The number of aromatic amines is 1. The van der Waals surface area contributed by atoms with Crippen LogP contribution < -0.4 is 5.56 Å². The van der Waals surface area contributed by atoms with E-state index in [0.29, 0.717) is 0 Å². The van der Waals surface area contributed by atoms with Crippen molar-refractivity contribution in [1.29, 1.82) is 0 Å². The summed E-state index contributed by atoms with van der Waals surface area (Å²) >= 11 is 0. The van der Waals surface area contributed by atoms with E-state index in [1.807, 2.05) is 0 Å². The third kappa shape index (κ3) is 1.91. The van der Waals surface area contributed by atoms with Gasteiger partial charge in [0.2, 0.25) is 0 Å². The van der Waals surface area contributed by atoms with Crippen LogP contribution in [0.1, 0.15) is 10.4 Å². The van der Waals surface area contributed by atoms with Gasteiger partial charge in [0, 0.05) is 13.2 Å². The number of aromatic nitrogens is 2. The Morgan fingerprint density at radius 2 is 2.38 bits per heavy atom. The molecule has 1 aromatic heterocycles. The second kappa shape index (κ2) is 3.81. The Hall–Kier alpha value is -1.69. The van der Waals surface area contributed by atoms with Crippen LogP contribution in [0.2, 0.25) is 0 Å². The molecule has 0 saturated carbocycles. The highest BCUT2D eigenvalue weighted by molar-refractivity contribution is 5.92. The summed E-state index contributed by atoms with van der Waals surface area (Å²) in [4.78, 5) is 33.0. The van der Waals surface area contributed by atoms with Gasteiger partial charge in [0.1, 0.15) is 5.56 Å². The summed E-state index contributed by atoms with van der Waals surface area (Å²) in [6.07, 6.45) is 2.41. The molecule has 0 bridgehead atoms. The van der Waals surface area contributed by atoms with Gasteiger partial charge < -0.3 is 4.98 Å². The maximum Gasteiger partial charge on any atom is 0.284 e. The minimum atomic E-state index is -0.531. The van der Waals surface area contributed by atoms with Crippen molar-refractivity contribution in [3.63, 3.8) is 0 Å². The molecule has 6 nitrogen and oxygen atoms in total. The molecule has 13 heavy (non-hydrogen) atoms. The number of nitrogens with zero attached hydrogens (tertiary/aromatic N) is 2. The second-order valence-electron chi connectivity index (χ2n) is 2.28. The molecule has 70 valence electrons. The van der Waals surface area contributed by atoms with Gasteiger partial charge in [-0.3, -0.25) is 14.4 Å². The molecule has 1 amide bonds. The van der Waals surface area contributed by atoms with Gasteiger partial charge in [-0.1, -0.05) is 0 Å². The SMILES string of the molecule is CON(C)C(=O)c1cnc[nH]c1=O. The molecule has 0 saturated heterocycles. The first kappa shape index (κ1) is 9.40. The lowest BCUT2D eigenvalue weighted by molar-refractivity contribution is -0.0758. The molecular weight excluding hydrogens is 174 g/mol. The first-order chi connectivity index (χ1) is 6.16. The van der Waals surface area contributed by atoms with Crippen LogP contribution >= 0.6 is 0 Å². The van der Waals surface area contributed by atoms with E-state index >= 15 is 0 Å². The highest BCUT2D eigenvalue weighted by atomic mass is 16.7. The highest BCUT2D eigenvalue weighted by Gasteiger charge is 2.14. The largest absolute Gasteiger partial charge is 0.312 e. The summed E-state index contributed by atoms with van der Waals surface area (Å²) in [5.74, 6) is -0.531. The zero-order chi connectivity index (χ0) is 9.84. The smallest absolute Gasteiger partial charge is 0.284 e. The predicted molar refractivity (Wildman–Crippen MR) is 44.0 cm³/mol. The molecule has 0 spiro atoms. The van der Waals surface area contributed by atoms with Crippen molar-refractivity contribution in [3.8, 4) is 0 Å². The van der Waals surface area contributed by atoms with E-state index in [2.05, 4.69) is 14.8 Å². The number of rotatable bonds is 2. The molecule has 0 aromatic carbocycles. The molecule has 0 aliphatic rings. The van der Waals surface area contributed by atoms with E-state index in [0.717, 1.165) is 5.06 Å². The lowest BCUT2D eigenvalue weighted by atomic mass is 10.3. The zero-order valence-corrected chi connectivity index (χ0v) is 7.27. The van der Waals surface area contributed by atoms with Gasteiger partial charge in [-0.05, 0) is 0 Å². The van der Waals surface area contributed by atoms with Crippen LogP contribution in [0.3, 0.4) is 0 Å². The zero-order valence-electron chi connectivity index (χ0n) is 7.27. The number of hydroxylamine groups is 2. The Bertz CT molecular complexity index is 360. The van der Waals surface area contributed by atoms with E-state index in [4.69, 9.17) is 0 Å². The molecule has 6 heteroatoms. The minimum absolute atomic E-state index is 0.0492. The van der Waals surface area contributed by atoms with Crippen molar-refractivity contribution >= 4 is 5.91 Å². The van der Waals surface area contributed by atoms with Crippen LogP contribution in [-0.2, 0) is 4.84 Å². The summed E-state index contributed by atoms with van der Waals surface area (Å²) in [7, 11) is 2.75. The fraction of sp³-hybridized carbons (Fsp3) is 0.286. The molecule has 1 heterocycles. The third-order valence-corrected chi connectivity index (χ3v) is 1.51. The summed E-state index contributed by atoms with van der Waals surface area (Å²) in [5.41, 5.74) is -0.532. The quantitative estimate of drug-likeness (QED) is 0.621. The third-order valence-electron chi connectivity index (χ3n) is 1.51. The maximum absolute atomic E-state index is 11.3. The molecular formula is C7H9N3O3. The predicted octanol–water partition coefficient (Wildman–Crippen LogP) is -0.597. The van der Waals surface area contributed by atoms with E-state index < -0.39 is 11.5 Å². The summed E-state index contributed by atoms with van der Waals surface area (Å²) in [6.45, 7) is 0. The molecule has 0 fully saturated rings. The van der Waals surface area contributed by atoms with Gasteiger partial charge in [0.15, 0.2) is 0 Å². The summed E-state index contributed by atoms with van der Waals surface area (Å²) in [5, 5.41) is 0.951. The minimum Gasteiger partial charge on any atom is -0.312 e. The second-order valence-corrected chi connectivity index (χ2v) is 2.28. The topological polar surface area (TPSA) is 75.3 Å². The first-order valence-electron chi connectivity index (χ1n) is 3.51. The molecule has 1 rings (SSSR count).